The standard InChI is InChI=1S/C15H19NO2/c1-2-15(17,13-7-4-3-5-8-13)14(11-16)9-6-10-18-12-14/h3-5,7-8,17H,2,6,9-10,12H2,1H3. The second kappa shape index (κ2) is 5.09. The Morgan fingerprint density at radius 1 is 1.44 bits per heavy atom. The molecule has 3 heteroatoms. The fourth-order valence-electron chi connectivity index (χ4n) is 2.83. The minimum Gasteiger partial charge on any atom is -0.383 e. The van der Waals surface area contributed by atoms with Crippen LogP contribution in [-0.4, -0.2) is 18.3 Å². The third-order valence-corrected chi connectivity index (χ3v) is 4.01. The van der Waals surface area contributed by atoms with Crippen molar-refractivity contribution in [3.05, 3.63) is 35.9 Å². The summed E-state index contributed by atoms with van der Waals surface area (Å²) in [6.45, 7) is 2.90. The maximum absolute atomic E-state index is 11.1. The Balaban J connectivity index is 2.45. The van der Waals surface area contributed by atoms with E-state index >= 15 is 0 Å². The molecule has 0 amide bonds. The molecule has 0 spiro atoms. The predicted octanol–water partition coefficient (Wildman–Crippen LogP) is 2.60. The number of aliphatic hydroxyl groups is 1. The Morgan fingerprint density at radius 2 is 2.17 bits per heavy atom. The molecule has 2 rings (SSSR count). The molecule has 96 valence electrons. The number of ether oxygens (including phenoxy) is 1. The molecule has 0 saturated carbocycles. The Kier molecular flexibility index (Phi) is 3.70. The minimum absolute atomic E-state index is 0.308. The highest BCUT2D eigenvalue weighted by Gasteiger charge is 2.52. The van der Waals surface area contributed by atoms with Crippen molar-refractivity contribution < 1.29 is 9.84 Å². The lowest BCUT2D eigenvalue weighted by Crippen LogP contribution is -2.49. The zero-order chi connectivity index (χ0) is 13.1. The zero-order valence-electron chi connectivity index (χ0n) is 10.7. The molecule has 0 aromatic heterocycles. The fraction of sp³-hybridized carbons (Fsp3) is 0.533. The number of hydrogen-bond acceptors (Lipinski definition) is 3. The quantitative estimate of drug-likeness (QED) is 0.890. The van der Waals surface area contributed by atoms with E-state index in [1.807, 2.05) is 37.3 Å². The van der Waals surface area contributed by atoms with Gasteiger partial charge in [-0.05, 0) is 24.8 Å². The molecule has 0 radical (unpaired) electrons. The maximum atomic E-state index is 11.1. The van der Waals surface area contributed by atoms with Crippen LogP contribution in [0.25, 0.3) is 0 Å². The van der Waals surface area contributed by atoms with Crippen molar-refractivity contribution in [3.8, 4) is 6.07 Å². The number of nitrogens with zero attached hydrogens (tertiary/aromatic N) is 1. The Bertz CT molecular complexity index is 432. The lowest BCUT2D eigenvalue weighted by molar-refractivity contribution is -0.126. The van der Waals surface area contributed by atoms with E-state index in [-0.39, 0.29) is 0 Å². The first-order valence-electron chi connectivity index (χ1n) is 6.45. The number of benzene rings is 1. The van der Waals surface area contributed by atoms with Crippen molar-refractivity contribution in [1.82, 2.24) is 0 Å². The lowest BCUT2D eigenvalue weighted by atomic mass is 9.65. The normalized spacial score (nSPS) is 27.2. The van der Waals surface area contributed by atoms with Gasteiger partial charge in [0.25, 0.3) is 0 Å². The summed E-state index contributed by atoms with van der Waals surface area (Å²) in [5.41, 5.74) is -1.16. The second-order valence-electron chi connectivity index (χ2n) is 4.93. The zero-order valence-corrected chi connectivity index (χ0v) is 10.7. The summed E-state index contributed by atoms with van der Waals surface area (Å²) >= 11 is 0. The van der Waals surface area contributed by atoms with Crippen LogP contribution < -0.4 is 0 Å². The summed E-state index contributed by atoms with van der Waals surface area (Å²) in [5.74, 6) is 0. The van der Waals surface area contributed by atoms with E-state index < -0.39 is 11.0 Å². The van der Waals surface area contributed by atoms with Crippen molar-refractivity contribution in [2.45, 2.75) is 31.8 Å². The van der Waals surface area contributed by atoms with Crippen molar-refractivity contribution in [2.24, 2.45) is 5.41 Å². The minimum atomic E-state index is -1.14. The van der Waals surface area contributed by atoms with Crippen molar-refractivity contribution >= 4 is 0 Å². The van der Waals surface area contributed by atoms with E-state index in [1.54, 1.807) is 0 Å². The van der Waals surface area contributed by atoms with E-state index in [0.717, 1.165) is 12.0 Å². The average Bonchev–Trinajstić information content (AvgIpc) is 2.48. The van der Waals surface area contributed by atoms with Gasteiger partial charge in [-0.15, -0.1) is 0 Å². The van der Waals surface area contributed by atoms with Gasteiger partial charge in [0.2, 0.25) is 0 Å². The molecule has 0 bridgehead atoms. The fourth-order valence-corrected chi connectivity index (χ4v) is 2.83. The molecule has 1 aliphatic rings. The van der Waals surface area contributed by atoms with Gasteiger partial charge in [-0.3, -0.25) is 0 Å². The molecule has 1 N–H and O–H groups in total. The van der Waals surface area contributed by atoms with Gasteiger partial charge in [-0.25, -0.2) is 0 Å². The molecule has 1 aromatic carbocycles. The maximum Gasteiger partial charge on any atom is 0.113 e. The summed E-state index contributed by atoms with van der Waals surface area (Å²) < 4.78 is 5.46. The van der Waals surface area contributed by atoms with Crippen LogP contribution in [0, 0.1) is 16.7 Å². The van der Waals surface area contributed by atoms with Crippen LogP contribution in [0.5, 0.6) is 0 Å². The van der Waals surface area contributed by atoms with E-state index in [0.29, 0.717) is 26.1 Å². The molecule has 3 nitrogen and oxygen atoms in total. The van der Waals surface area contributed by atoms with Crippen LogP contribution in [0.3, 0.4) is 0 Å². The predicted molar refractivity (Wildman–Crippen MR) is 68.7 cm³/mol. The van der Waals surface area contributed by atoms with Crippen LogP contribution in [-0.2, 0) is 10.3 Å². The smallest absolute Gasteiger partial charge is 0.113 e. The Hall–Kier alpha value is -1.37. The first-order chi connectivity index (χ1) is 8.68. The monoisotopic (exact) mass is 245 g/mol. The molecule has 2 unspecified atom stereocenters. The van der Waals surface area contributed by atoms with Crippen LogP contribution in [0.2, 0.25) is 0 Å². The molecule has 2 atom stereocenters. The van der Waals surface area contributed by atoms with Gasteiger partial charge in [0.15, 0.2) is 0 Å². The highest BCUT2D eigenvalue weighted by atomic mass is 16.5. The van der Waals surface area contributed by atoms with Crippen molar-refractivity contribution in [1.29, 1.82) is 5.26 Å². The highest BCUT2D eigenvalue weighted by molar-refractivity contribution is 5.29. The van der Waals surface area contributed by atoms with Gasteiger partial charge in [-0.1, -0.05) is 37.3 Å². The van der Waals surface area contributed by atoms with Crippen LogP contribution in [0.4, 0.5) is 0 Å². The van der Waals surface area contributed by atoms with Gasteiger partial charge in [0.05, 0.1) is 12.7 Å². The summed E-state index contributed by atoms with van der Waals surface area (Å²) in [6, 6.07) is 11.8. The highest BCUT2D eigenvalue weighted by Crippen LogP contribution is 2.47. The molecule has 18 heavy (non-hydrogen) atoms. The SMILES string of the molecule is CCC(O)(c1ccccc1)C1(C#N)CCCOC1. The number of hydrogen-bond donors (Lipinski definition) is 1. The van der Waals surface area contributed by atoms with Gasteiger partial charge < -0.3 is 9.84 Å². The van der Waals surface area contributed by atoms with E-state index in [1.165, 1.54) is 0 Å². The Morgan fingerprint density at radius 3 is 2.67 bits per heavy atom. The molecule has 0 aliphatic carbocycles. The van der Waals surface area contributed by atoms with E-state index in [4.69, 9.17) is 4.74 Å². The molecular formula is C15H19NO2. The Labute approximate surface area is 108 Å². The van der Waals surface area contributed by atoms with Crippen LogP contribution in [0.1, 0.15) is 31.7 Å². The average molecular weight is 245 g/mol. The van der Waals surface area contributed by atoms with Crippen LogP contribution >= 0.6 is 0 Å². The molecule has 1 fully saturated rings. The molecule has 1 aliphatic heterocycles. The van der Waals surface area contributed by atoms with Crippen molar-refractivity contribution in [3.63, 3.8) is 0 Å². The van der Waals surface area contributed by atoms with Gasteiger partial charge in [-0.2, -0.15) is 5.26 Å². The van der Waals surface area contributed by atoms with Crippen molar-refractivity contribution in [2.75, 3.05) is 13.2 Å². The van der Waals surface area contributed by atoms with Gasteiger partial charge in [0.1, 0.15) is 11.0 Å². The van der Waals surface area contributed by atoms with Crippen LogP contribution in [0.15, 0.2) is 30.3 Å². The third kappa shape index (κ3) is 1.92. The first-order valence-corrected chi connectivity index (χ1v) is 6.45. The lowest BCUT2D eigenvalue weighted by Gasteiger charge is -2.44. The largest absolute Gasteiger partial charge is 0.383 e. The van der Waals surface area contributed by atoms with E-state index in [9.17, 15) is 10.4 Å². The molecular weight excluding hydrogens is 226 g/mol. The topological polar surface area (TPSA) is 53.2 Å². The molecule has 1 aromatic rings. The molecule has 1 heterocycles. The second-order valence-corrected chi connectivity index (χ2v) is 4.93. The third-order valence-electron chi connectivity index (χ3n) is 4.01. The first kappa shape index (κ1) is 13.1. The summed E-state index contributed by atoms with van der Waals surface area (Å²) in [6.07, 6.45) is 2.01. The number of nitriles is 1. The number of rotatable bonds is 3. The summed E-state index contributed by atoms with van der Waals surface area (Å²) in [5, 5.41) is 20.6. The van der Waals surface area contributed by atoms with E-state index in [2.05, 4.69) is 6.07 Å². The van der Waals surface area contributed by atoms with Gasteiger partial charge in [0, 0.05) is 6.61 Å². The summed E-state index contributed by atoms with van der Waals surface area (Å²) in [4.78, 5) is 0. The van der Waals surface area contributed by atoms with Gasteiger partial charge >= 0.3 is 0 Å². The summed E-state index contributed by atoms with van der Waals surface area (Å²) in [7, 11) is 0. The molecule has 1 saturated heterocycles.